The largest absolute Gasteiger partial charge is 0.212 e. The van der Waals surface area contributed by atoms with Crippen LogP contribution in [0.2, 0.25) is 0 Å². The Bertz CT molecular complexity index is 162. The molecule has 0 radical (unpaired) electrons. The second-order valence-electron chi connectivity index (χ2n) is 2.16. The van der Waals surface area contributed by atoms with E-state index in [4.69, 9.17) is 0 Å². The lowest BCUT2D eigenvalue weighted by Crippen LogP contribution is -1.75. The molecule has 2 heteroatoms. The van der Waals surface area contributed by atoms with Crippen molar-refractivity contribution in [3.05, 3.63) is 23.3 Å². The summed E-state index contributed by atoms with van der Waals surface area (Å²) < 4.78 is 24.7. The van der Waals surface area contributed by atoms with Gasteiger partial charge in [-0.3, -0.25) is 0 Å². The summed E-state index contributed by atoms with van der Waals surface area (Å²) in [5.41, 5.74) is 0.361. The second-order valence-corrected chi connectivity index (χ2v) is 2.16. The van der Waals surface area contributed by atoms with E-state index in [1.807, 2.05) is 0 Å². The second kappa shape index (κ2) is 4.20. The smallest absolute Gasteiger partial charge is 0.1000 e. The molecular weight excluding hydrogens is 134 g/mol. The van der Waals surface area contributed by atoms with Crippen molar-refractivity contribution in [1.29, 1.82) is 0 Å². The van der Waals surface area contributed by atoms with Gasteiger partial charge in [0.15, 0.2) is 0 Å². The van der Waals surface area contributed by atoms with Gasteiger partial charge >= 0.3 is 0 Å². The highest BCUT2D eigenvalue weighted by molar-refractivity contribution is 5.20. The molecular formula is C8H12F2. The Hall–Kier alpha value is -0.660. The average Bonchev–Trinajstić information content (AvgIpc) is 1.87. The number of hydrogen-bond donors (Lipinski definition) is 0. The first-order chi connectivity index (χ1) is 4.57. The first-order valence-electron chi connectivity index (χ1n) is 3.27. The molecule has 0 fully saturated rings. The molecule has 0 spiro atoms. The molecule has 0 aromatic carbocycles. The van der Waals surface area contributed by atoms with Crippen LogP contribution in [0.25, 0.3) is 0 Å². The van der Waals surface area contributed by atoms with Crippen LogP contribution < -0.4 is 0 Å². The van der Waals surface area contributed by atoms with Crippen LogP contribution in [0.1, 0.15) is 27.2 Å². The Morgan fingerprint density at radius 3 is 2.10 bits per heavy atom. The lowest BCUT2D eigenvalue weighted by Gasteiger charge is -1.92. The third-order valence-corrected chi connectivity index (χ3v) is 1.25. The van der Waals surface area contributed by atoms with E-state index in [1.54, 1.807) is 13.8 Å². The van der Waals surface area contributed by atoms with Crippen molar-refractivity contribution in [1.82, 2.24) is 0 Å². The van der Waals surface area contributed by atoms with Crippen molar-refractivity contribution in [2.75, 3.05) is 0 Å². The summed E-state index contributed by atoms with van der Waals surface area (Å²) in [6.45, 7) is 4.55. The first kappa shape index (κ1) is 9.34. The van der Waals surface area contributed by atoms with Crippen molar-refractivity contribution in [3.63, 3.8) is 0 Å². The molecule has 0 heterocycles. The molecule has 0 bridgehead atoms. The molecule has 58 valence electrons. The normalized spacial score (nSPS) is 15.1. The maximum atomic E-state index is 12.4. The first-order valence-corrected chi connectivity index (χ1v) is 3.27. The van der Waals surface area contributed by atoms with E-state index in [2.05, 4.69) is 0 Å². The molecule has 0 aliphatic rings. The predicted molar refractivity (Wildman–Crippen MR) is 39.0 cm³/mol. The van der Waals surface area contributed by atoms with Crippen LogP contribution in [0.4, 0.5) is 8.78 Å². The number of rotatable bonds is 2. The fourth-order valence-corrected chi connectivity index (χ4v) is 0.436. The van der Waals surface area contributed by atoms with Gasteiger partial charge in [0.2, 0.25) is 0 Å². The zero-order valence-corrected chi connectivity index (χ0v) is 6.54. The maximum Gasteiger partial charge on any atom is 0.1000 e. The molecule has 0 aromatic rings. The molecule has 0 aliphatic carbocycles. The molecule has 0 nitrogen and oxygen atoms in total. The molecule has 0 aromatic heterocycles. The third kappa shape index (κ3) is 3.38. The van der Waals surface area contributed by atoms with Gasteiger partial charge in [0.25, 0.3) is 0 Å². The van der Waals surface area contributed by atoms with E-state index in [9.17, 15) is 8.78 Å². The lowest BCUT2D eigenvalue weighted by molar-refractivity contribution is 0.597. The highest BCUT2D eigenvalue weighted by Crippen LogP contribution is 2.11. The lowest BCUT2D eigenvalue weighted by atomic mass is 10.2. The number of allylic oxidation sites excluding steroid dienone is 4. The van der Waals surface area contributed by atoms with Crippen LogP contribution in [-0.2, 0) is 0 Å². The fourth-order valence-electron chi connectivity index (χ4n) is 0.436. The Morgan fingerprint density at radius 1 is 1.30 bits per heavy atom. The van der Waals surface area contributed by atoms with Gasteiger partial charge in [0.05, 0.1) is 11.7 Å². The van der Waals surface area contributed by atoms with Crippen LogP contribution in [-0.4, -0.2) is 0 Å². The molecule has 0 rings (SSSR count). The highest BCUT2D eigenvalue weighted by atomic mass is 19.1. The Labute approximate surface area is 60.2 Å². The van der Waals surface area contributed by atoms with Crippen molar-refractivity contribution in [2.24, 2.45) is 0 Å². The van der Waals surface area contributed by atoms with Gasteiger partial charge in [0.1, 0.15) is 0 Å². The molecule has 0 N–H and O–H groups in total. The summed E-state index contributed by atoms with van der Waals surface area (Å²) in [4.78, 5) is 0. The standard InChI is InChI=1S/C8H12F2/c1-4-8(10)5-6(2)7(3)9/h5H,4H2,1-3H3/b7-6+,8-5+. The van der Waals surface area contributed by atoms with Crippen LogP contribution >= 0.6 is 0 Å². The van der Waals surface area contributed by atoms with Crippen molar-refractivity contribution < 1.29 is 8.78 Å². The minimum atomic E-state index is -0.330. The molecule has 0 saturated carbocycles. The molecule has 10 heavy (non-hydrogen) atoms. The maximum absolute atomic E-state index is 12.4. The Kier molecular flexibility index (Phi) is 3.93. The zero-order chi connectivity index (χ0) is 8.15. The highest BCUT2D eigenvalue weighted by Gasteiger charge is 1.93. The SMILES string of the molecule is CC/C(F)=C\C(C)=C(/C)F. The summed E-state index contributed by atoms with van der Waals surface area (Å²) in [5, 5.41) is 0. The summed E-state index contributed by atoms with van der Waals surface area (Å²) in [7, 11) is 0. The number of hydrogen-bond acceptors (Lipinski definition) is 0. The molecule has 0 amide bonds. The van der Waals surface area contributed by atoms with Gasteiger partial charge in [0, 0.05) is 0 Å². The van der Waals surface area contributed by atoms with Gasteiger partial charge in [-0.15, -0.1) is 0 Å². The van der Waals surface area contributed by atoms with E-state index in [0.717, 1.165) is 0 Å². The molecule has 0 aliphatic heterocycles. The molecule has 0 atom stereocenters. The van der Waals surface area contributed by atoms with Crippen LogP contribution in [0.5, 0.6) is 0 Å². The fraction of sp³-hybridized carbons (Fsp3) is 0.500. The summed E-state index contributed by atoms with van der Waals surface area (Å²) >= 11 is 0. The van der Waals surface area contributed by atoms with Gasteiger partial charge in [-0.25, -0.2) is 8.78 Å². The number of halogens is 2. The van der Waals surface area contributed by atoms with E-state index in [-0.39, 0.29) is 11.7 Å². The van der Waals surface area contributed by atoms with Gasteiger partial charge < -0.3 is 0 Å². The monoisotopic (exact) mass is 146 g/mol. The van der Waals surface area contributed by atoms with Crippen LogP contribution in [0.15, 0.2) is 23.3 Å². The van der Waals surface area contributed by atoms with Crippen molar-refractivity contribution >= 4 is 0 Å². The van der Waals surface area contributed by atoms with E-state index in [1.165, 1.54) is 13.0 Å². The Balaban J connectivity index is 4.27. The van der Waals surface area contributed by atoms with E-state index < -0.39 is 0 Å². The van der Waals surface area contributed by atoms with Gasteiger partial charge in [-0.05, 0) is 31.9 Å². The minimum absolute atomic E-state index is 0.283. The van der Waals surface area contributed by atoms with Gasteiger partial charge in [-0.2, -0.15) is 0 Å². The summed E-state index contributed by atoms with van der Waals surface area (Å²) in [6, 6.07) is 0. The molecule has 0 unspecified atom stereocenters. The topological polar surface area (TPSA) is 0 Å². The predicted octanol–water partition coefficient (Wildman–Crippen LogP) is 3.51. The van der Waals surface area contributed by atoms with Crippen LogP contribution in [0.3, 0.4) is 0 Å². The zero-order valence-electron chi connectivity index (χ0n) is 6.54. The summed E-state index contributed by atoms with van der Waals surface area (Å²) in [6.07, 6.45) is 1.54. The van der Waals surface area contributed by atoms with Crippen molar-refractivity contribution in [2.45, 2.75) is 27.2 Å². The molecule has 0 saturated heterocycles. The summed E-state index contributed by atoms with van der Waals surface area (Å²) in [5.74, 6) is -0.613. The van der Waals surface area contributed by atoms with Crippen LogP contribution in [0, 0.1) is 0 Å². The van der Waals surface area contributed by atoms with Crippen molar-refractivity contribution in [3.8, 4) is 0 Å². The van der Waals surface area contributed by atoms with E-state index >= 15 is 0 Å². The van der Waals surface area contributed by atoms with E-state index in [0.29, 0.717) is 12.0 Å². The quantitative estimate of drug-likeness (QED) is 0.523. The van der Waals surface area contributed by atoms with Gasteiger partial charge in [-0.1, -0.05) is 6.92 Å². The minimum Gasteiger partial charge on any atom is -0.212 e. The Morgan fingerprint density at radius 2 is 1.80 bits per heavy atom. The average molecular weight is 146 g/mol. The third-order valence-electron chi connectivity index (χ3n) is 1.25.